The molecule has 3 aliphatic heterocycles. The van der Waals surface area contributed by atoms with Crippen LogP contribution in [0.5, 0.6) is 0 Å². The monoisotopic (exact) mass is 340 g/mol. The average Bonchev–Trinajstić information content (AvgIpc) is 2.65. The van der Waals surface area contributed by atoms with Crippen LogP contribution in [0.2, 0.25) is 0 Å². The normalized spacial score (nSPS) is 25.3. The third kappa shape index (κ3) is 2.84. The van der Waals surface area contributed by atoms with Gasteiger partial charge in [0.1, 0.15) is 12.4 Å². The summed E-state index contributed by atoms with van der Waals surface area (Å²) in [4.78, 5) is 34.4. The summed E-state index contributed by atoms with van der Waals surface area (Å²) in [6.45, 7) is 5.10. The summed E-state index contributed by atoms with van der Waals surface area (Å²) in [7, 11) is 1.88. The lowest BCUT2D eigenvalue weighted by atomic mass is 9.83. The Bertz CT molecular complexity index is 867. The highest BCUT2D eigenvalue weighted by atomic mass is 16.2. The van der Waals surface area contributed by atoms with Crippen molar-refractivity contribution in [2.45, 2.75) is 32.4 Å². The van der Waals surface area contributed by atoms with Crippen LogP contribution in [-0.2, 0) is 11.3 Å². The molecule has 5 rings (SSSR count). The topological polar surface area (TPSA) is 58.4 Å². The zero-order valence-electron chi connectivity index (χ0n) is 14.8. The summed E-state index contributed by atoms with van der Waals surface area (Å²) in [6, 6.07) is 7.55. The number of carbonyl (C=O) groups excluding carboxylic acids is 1. The molecule has 6 nitrogen and oxygen atoms in total. The zero-order chi connectivity index (χ0) is 17.6. The van der Waals surface area contributed by atoms with Crippen LogP contribution >= 0.6 is 0 Å². The fourth-order valence-corrected chi connectivity index (χ4v) is 4.27. The van der Waals surface area contributed by atoms with E-state index in [0.29, 0.717) is 22.6 Å². The second-order valence-corrected chi connectivity index (χ2v) is 7.28. The fourth-order valence-electron chi connectivity index (χ4n) is 4.27. The quantitative estimate of drug-likeness (QED) is 0.844. The van der Waals surface area contributed by atoms with Gasteiger partial charge in [0.2, 0.25) is 5.91 Å². The van der Waals surface area contributed by atoms with E-state index in [-0.39, 0.29) is 24.1 Å². The van der Waals surface area contributed by atoms with Crippen molar-refractivity contribution in [2.24, 2.45) is 5.92 Å². The third-order valence-electron chi connectivity index (χ3n) is 5.86. The van der Waals surface area contributed by atoms with Gasteiger partial charge in [0.15, 0.2) is 0 Å². The molecule has 3 saturated heterocycles. The molecule has 25 heavy (non-hydrogen) atoms. The highest BCUT2D eigenvalue weighted by Gasteiger charge is 2.37. The predicted molar refractivity (Wildman–Crippen MR) is 96.5 cm³/mol. The first kappa shape index (κ1) is 16.3. The summed E-state index contributed by atoms with van der Waals surface area (Å²) >= 11 is 0. The molecule has 0 saturated carbocycles. The van der Waals surface area contributed by atoms with E-state index in [9.17, 15) is 9.59 Å². The van der Waals surface area contributed by atoms with Gasteiger partial charge in [0.25, 0.3) is 5.56 Å². The molecule has 1 amide bonds. The van der Waals surface area contributed by atoms with Crippen LogP contribution in [0.25, 0.3) is 10.9 Å². The molecule has 0 spiro atoms. The zero-order valence-corrected chi connectivity index (χ0v) is 14.8. The lowest BCUT2D eigenvalue weighted by Gasteiger charge is -2.48. The maximum Gasteiger partial charge on any atom is 0.261 e. The number of benzene rings is 1. The Labute approximate surface area is 147 Å². The second kappa shape index (κ2) is 6.26. The molecule has 1 atom stereocenters. The first-order valence-electron chi connectivity index (χ1n) is 8.99. The number of likely N-dealkylation sites (N-methyl/N-ethyl adjacent to an activating group) is 1. The van der Waals surface area contributed by atoms with Crippen LogP contribution < -0.4 is 5.56 Å². The Hall–Kier alpha value is -2.21. The average molecular weight is 340 g/mol. The van der Waals surface area contributed by atoms with Gasteiger partial charge in [-0.3, -0.25) is 14.2 Å². The van der Waals surface area contributed by atoms with Crippen LogP contribution in [-0.4, -0.2) is 58.0 Å². The maximum absolute atomic E-state index is 12.8. The van der Waals surface area contributed by atoms with E-state index in [1.807, 2.05) is 30.1 Å². The van der Waals surface area contributed by atoms with E-state index in [1.165, 1.54) is 17.4 Å². The highest BCUT2D eigenvalue weighted by molar-refractivity contribution is 5.79. The van der Waals surface area contributed by atoms with Crippen molar-refractivity contribution in [1.29, 1.82) is 0 Å². The molecule has 3 fully saturated rings. The van der Waals surface area contributed by atoms with Crippen LogP contribution in [0.4, 0.5) is 0 Å². The SMILES string of the molecule is Cc1nc2ccccc2c(=O)n1CC(=O)N(C)C1CN2CCC1CC2. The fraction of sp³-hybridized carbons (Fsp3) is 0.526. The van der Waals surface area contributed by atoms with Crippen LogP contribution in [0.1, 0.15) is 18.7 Å². The van der Waals surface area contributed by atoms with E-state index >= 15 is 0 Å². The molecule has 1 aromatic heterocycles. The Kier molecular flexibility index (Phi) is 4.07. The molecular weight excluding hydrogens is 316 g/mol. The predicted octanol–water partition coefficient (Wildman–Crippen LogP) is 1.26. The van der Waals surface area contributed by atoms with Crippen molar-refractivity contribution in [3.8, 4) is 0 Å². The second-order valence-electron chi connectivity index (χ2n) is 7.28. The minimum Gasteiger partial charge on any atom is -0.340 e. The Morgan fingerprint density at radius 1 is 1.28 bits per heavy atom. The molecule has 3 aliphatic rings. The lowest BCUT2D eigenvalue weighted by molar-refractivity contribution is -0.136. The summed E-state index contributed by atoms with van der Waals surface area (Å²) in [5.74, 6) is 1.16. The van der Waals surface area contributed by atoms with Gasteiger partial charge in [-0.25, -0.2) is 4.98 Å². The summed E-state index contributed by atoms with van der Waals surface area (Å²) < 4.78 is 1.50. The van der Waals surface area contributed by atoms with Gasteiger partial charge in [-0.2, -0.15) is 0 Å². The standard InChI is InChI=1S/C19H24N4O2/c1-13-20-16-6-4-3-5-15(16)19(25)23(13)12-18(24)21(2)17-11-22-9-7-14(17)8-10-22/h3-6,14,17H,7-12H2,1-2H3. The molecule has 2 bridgehead atoms. The van der Waals surface area contributed by atoms with E-state index in [4.69, 9.17) is 0 Å². The van der Waals surface area contributed by atoms with Gasteiger partial charge in [-0.1, -0.05) is 12.1 Å². The van der Waals surface area contributed by atoms with Crippen molar-refractivity contribution < 1.29 is 4.79 Å². The first-order valence-corrected chi connectivity index (χ1v) is 8.99. The van der Waals surface area contributed by atoms with E-state index in [1.54, 1.807) is 13.0 Å². The molecule has 6 heteroatoms. The van der Waals surface area contributed by atoms with E-state index in [0.717, 1.165) is 19.6 Å². The number of aromatic nitrogens is 2. The number of hydrogen-bond acceptors (Lipinski definition) is 4. The molecule has 1 aromatic carbocycles. The Morgan fingerprint density at radius 2 is 2.00 bits per heavy atom. The van der Waals surface area contributed by atoms with E-state index in [2.05, 4.69) is 9.88 Å². The van der Waals surface area contributed by atoms with Gasteiger partial charge in [-0.15, -0.1) is 0 Å². The number of hydrogen-bond donors (Lipinski definition) is 0. The lowest BCUT2D eigenvalue weighted by Crippen LogP contribution is -2.58. The van der Waals surface area contributed by atoms with Crippen molar-refractivity contribution in [1.82, 2.24) is 19.4 Å². The number of fused-ring (bicyclic) bond motifs is 4. The molecule has 0 radical (unpaired) electrons. The molecule has 132 valence electrons. The molecular formula is C19H24N4O2. The summed E-state index contributed by atoms with van der Waals surface area (Å²) in [5.41, 5.74) is 0.540. The number of piperidine rings is 3. The maximum atomic E-state index is 12.8. The summed E-state index contributed by atoms with van der Waals surface area (Å²) in [6.07, 6.45) is 2.33. The molecule has 2 aromatic rings. The minimum atomic E-state index is -0.140. The van der Waals surface area contributed by atoms with Crippen molar-refractivity contribution >= 4 is 16.8 Å². The number of amides is 1. The number of carbonyl (C=O) groups is 1. The number of aryl methyl sites for hydroxylation is 1. The minimum absolute atomic E-state index is 0.0129. The van der Waals surface area contributed by atoms with Crippen LogP contribution in [0.3, 0.4) is 0 Å². The van der Waals surface area contributed by atoms with Crippen molar-refractivity contribution in [2.75, 3.05) is 26.7 Å². The largest absolute Gasteiger partial charge is 0.340 e. The smallest absolute Gasteiger partial charge is 0.261 e. The number of para-hydroxylation sites is 1. The molecule has 1 unspecified atom stereocenters. The Morgan fingerprint density at radius 3 is 2.68 bits per heavy atom. The van der Waals surface area contributed by atoms with Crippen molar-refractivity contribution in [3.05, 3.63) is 40.4 Å². The van der Waals surface area contributed by atoms with Gasteiger partial charge in [-0.05, 0) is 50.9 Å². The molecule has 4 heterocycles. The molecule has 0 N–H and O–H groups in total. The van der Waals surface area contributed by atoms with Crippen LogP contribution in [0, 0.1) is 12.8 Å². The summed E-state index contributed by atoms with van der Waals surface area (Å²) in [5, 5.41) is 0.561. The van der Waals surface area contributed by atoms with E-state index < -0.39 is 0 Å². The molecule has 0 aliphatic carbocycles. The number of rotatable bonds is 3. The van der Waals surface area contributed by atoms with Crippen molar-refractivity contribution in [3.63, 3.8) is 0 Å². The van der Waals surface area contributed by atoms with Gasteiger partial charge in [0, 0.05) is 19.6 Å². The number of nitrogens with zero attached hydrogens (tertiary/aromatic N) is 4. The Balaban J connectivity index is 1.58. The van der Waals surface area contributed by atoms with Crippen LogP contribution in [0.15, 0.2) is 29.1 Å². The van der Waals surface area contributed by atoms with Gasteiger partial charge >= 0.3 is 0 Å². The van der Waals surface area contributed by atoms with Gasteiger partial charge in [0.05, 0.1) is 10.9 Å². The highest BCUT2D eigenvalue weighted by Crippen LogP contribution is 2.30. The third-order valence-corrected chi connectivity index (χ3v) is 5.86. The first-order chi connectivity index (χ1) is 12.0. The van der Waals surface area contributed by atoms with Gasteiger partial charge < -0.3 is 9.80 Å².